The number of carbonyl (C=O) groups excluding carboxylic acids is 2. The van der Waals surface area contributed by atoms with Crippen LogP contribution in [0.5, 0.6) is 0 Å². The quantitative estimate of drug-likeness (QED) is 0.222. The van der Waals surface area contributed by atoms with Gasteiger partial charge in [-0.2, -0.15) is 0 Å². The van der Waals surface area contributed by atoms with Crippen molar-refractivity contribution in [1.29, 1.82) is 0 Å². The minimum absolute atomic E-state index is 0.0123. The molecule has 0 fully saturated rings. The Labute approximate surface area is 166 Å². The fraction of sp³-hybridized carbons (Fsp3) is 0.500. The first kappa shape index (κ1) is 23.8. The summed E-state index contributed by atoms with van der Waals surface area (Å²) in [7, 11) is 0. The van der Waals surface area contributed by atoms with E-state index in [9.17, 15) is 24.5 Å². The molecule has 160 valence electrons. The van der Waals surface area contributed by atoms with Crippen molar-refractivity contribution in [1.82, 2.24) is 0 Å². The summed E-state index contributed by atoms with van der Waals surface area (Å²) in [5.41, 5.74) is 6.05. The number of nitrogens with two attached hydrogens (primary N) is 1. The van der Waals surface area contributed by atoms with Gasteiger partial charge in [-0.1, -0.05) is 32.0 Å². The summed E-state index contributed by atoms with van der Waals surface area (Å²) < 4.78 is 9.70. The first-order valence-corrected chi connectivity index (χ1v) is 8.78. The Kier molecular flexibility index (Phi) is 9.52. The largest absolute Gasteiger partial charge is 0.481 e. The van der Waals surface area contributed by atoms with E-state index >= 15 is 0 Å². The highest BCUT2D eigenvalue weighted by Crippen LogP contribution is 2.19. The number of carbonyl (C=O) groups is 3. The molecule has 0 saturated heterocycles. The van der Waals surface area contributed by atoms with E-state index in [0.717, 1.165) is 0 Å². The molecule has 29 heavy (non-hydrogen) atoms. The van der Waals surface area contributed by atoms with Crippen molar-refractivity contribution < 1.29 is 38.9 Å². The van der Waals surface area contributed by atoms with Crippen LogP contribution in [-0.4, -0.2) is 40.9 Å². The Balaban J connectivity index is 2.63. The monoisotopic (exact) mass is 412 g/mol. The van der Waals surface area contributed by atoms with Gasteiger partial charge in [0.15, 0.2) is 0 Å². The molecule has 0 spiro atoms. The van der Waals surface area contributed by atoms with E-state index in [1.54, 1.807) is 6.07 Å². The average Bonchev–Trinajstić information content (AvgIpc) is 2.64. The van der Waals surface area contributed by atoms with Gasteiger partial charge in [0.05, 0.1) is 12.0 Å². The number of nitrogens with zero attached hydrogens (tertiary/aromatic N) is 1. The molecule has 1 aromatic carbocycles. The normalized spacial score (nSPS) is 12.7. The number of hydrogen-bond acceptors (Lipinski definition) is 9. The second kappa shape index (κ2) is 11.6. The van der Waals surface area contributed by atoms with Gasteiger partial charge in [-0.05, 0) is 29.9 Å². The first-order chi connectivity index (χ1) is 13.6. The minimum atomic E-state index is -1.19. The van der Waals surface area contributed by atoms with E-state index < -0.39 is 48.4 Å². The molecule has 1 unspecified atom stereocenters. The summed E-state index contributed by atoms with van der Waals surface area (Å²) in [5.74, 6) is -3.36. The van der Waals surface area contributed by atoms with E-state index in [-0.39, 0.29) is 23.5 Å². The van der Waals surface area contributed by atoms with Crippen molar-refractivity contribution in [3.05, 3.63) is 45.5 Å². The van der Waals surface area contributed by atoms with Crippen LogP contribution < -0.4 is 5.73 Å². The van der Waals surface area contributed by atoms with E-state index in [1.165, 1.54) is 18.2 Å². The van der Waals surface area contributed by atoms with Crippen LogP contribution in [0.15, 0.2) is 24.3 Å². The summed E-state index contributed by atoms with van der Waals surface area (Å²) >= 11 is 0. The molecule has 0 aliphatic rings. The van der Waals surface area contributed by atoms with Gasteiger partial charge in [0.2, 0.25) is 6.79 Å². The van der Waals surface area contributed by atoms with Crippen LogP contribution in [-0.2, 0) is 30.5 Å². The maximum atomic E-state index is 12.1. The van der Waals surface area contributed by atoms with Crippen LogP contribution in [0.4, 0.5) is 0 Å². The third-order valence-electron chi connectivity index (χ3n) is 3.94. The fourth-order valence-electron chi connectivity index (χ4n) is 2.66. The predicted molar refractivity (Wildman–Crippen MR) is 97.8 cm³/mol. The van der Waals surface area contributed by atoms with Crippen LogP contribution in [0.1, 0.15) is 42.6 Å². The lowest BCUT2D eigenvalue weighted by atomic mass is 9.88. The van der Waals surface area contributed by atoms with Gasteiger partial charge < -0.3 is 25.2 Å². The van der Waals surface area contributed by atoms with Crippen LogP contribution >= 0.6 is 0 Å². The van der Waals surface area contributed by atoms with Crippen LogP contribution in [0.3, 0.4) is 0 Å². The van der Waals surface area contributed by atoms with Crippen molar-refractivity contribution in [2.24, 2.45) is 17.6 Å². The Bertz CT molecular complexity index is 736. The summed E-state index contributed by atoms with van der Waals surface area (Å²) in [4.78, 5) is 49.8. The zero-order valence-corrected chi connectivity index (χ0v) is 16.1. The molecule has 0 aliphatic heterocycles. The second-order valence-corrected chi connectivity index (χ2v) is 6.68. The number of carboxylic acids is 1. The third-order valence-corrected chi connectivity index (χ3v) is 3.94. The standard InChI is InChI=1S/C18H24N2O9/c1-11(2)7-13(8-15(21)22)16(19)18(24)28-10-27-17(23)14-6-4-3-5-12(14)9-29-20(25)26/h3-6,11,13,16H,7-10,19H2,1-2H3,(H,21,22)/t13?,16-/m0/s1. The topological polar surface area (TPSA) is 168 Å². The highest BCUT2D eigenvalue weighted by atomic mass is 16.9. The number of rotatable bonds is 12. The van der Waals surface area contributed by atoms with Crippen LogP contribution in [0.25, 0.3) is 0 Å². The summed E-state index contributed by atoms with van der Waals surface area (Å²) in [6.45, 7) is 2.55. The summed E-state index contributed by atoms with van der Waals surface area (Å²) in [6, 6.07) is 4.72. The van der Waals surface area contributed by atoms with E-state index in [4.69, 9.17) is 20.3 Å². The van der Waals surface area contributed by atoms with Crippen molar-refractivity contribution >= 4 is 17.9 Å². The van der Waals surface area contributed by atoms with Gasteiger partial charge in [-0.25, -0.2) is 4.79 Å². The smallest absolute Gasteiger partial charge is 0.341 e. The lowest BCUT2D eigenvalue weighted by Crippen LogP contribution is -2.41. The second-order valence-electron chi connectivity index (χ2n) is 6.68. The molecule has 11 nitrogen and oxygen atoms in total. The lowest BCUT2D eigenvalue weighted by Gasteiger charge is -2.22. The van der Waals surface area contributed by atoms with Crippen molar-refractivity contribution in [2.45, 2.75) is 39.3 Å². The fourth-order valence-corrected chi connectivity index (χ4v) is 2.66. The number of hydrogen-bond donors (Lipinski definition) is 2. The maximum Gasteiger partial charge on any atom is 0.341 e. The molecule has 1 aromatic rings. The highest BCUT2D eigenvalue weighted by molar-refractivity contribution is 5.91. The molecule has 0 saturated carbocycles. The van der Waals surface area contributed by atoms with Crippen molar-refractivity contribution in [3.8, 4) is 0 Å². The number of esters is 2. The predicted octanol–water partition coefficient (Wildman–Crippen LogP) is 1.52. The first-order valence-electron chi connectivity index (χ1n) is 8.78. The molecule has 0 bridgehead atoms. The highest BCUT2D eigenvalue weighted by Gasteiger charge is 2.29. The van der Waals surface area contributed by atoms with Gasteiger partial charge in [0.25, 0.3) is 5.09 Å². The molecule has 11 heteroatoms. The van der Waals surface area contributed by atoms with Gasteiger partial charge in [0, 0.05) is 0 Å². The molecule has 0 heterocycles. The van der Waals surface area contributed by atoms with Crippen molar-refractivity contribution in [3.63, 3.8) is 0 Å². The molecular formula is C18H24N2O9. The van der Waals surface area contributed by atoms with E-state index in [2.05, 4.69) is 4.84 Å². The van der Waals surface area contributed by atoms with E-state index in [0.29, 0.717) is 6.42 Å². The molecule has 0 aromatic heterocycles. The molecular weight excluding hydrogens is 388 g/mol. The Hall–Kier alpha value is -3.21. The van der Waals surface area contributed by atoms with Gasteiger partial charge in [-0.15, -0.1) is 10.1 Å². The van der Waals surface area contributed by atoms with Gasteiger partial charge in [-0.3, -0.25) is 9.59 Å². The maximum absolute atomic E-state index is 12.1. The number of carboxylic acid groups (broad SMARTS) is 1. The molecule has 0 amide bonds. The molecule has 2 atom stereocenters. The average molecular weight is 412 g/mol. The van der Waals surface area contributed by atoms with Gasteiger partial charge >= 0.3 is 17.9 Å². The number of ether oxygens (including phenoxy) is 2. The Morgan fingerprint density at radius 1 is 1.21 bits per heavy atom. The minimum Gasteiger partial charge on any atom is -0.481 e. The Morgan fingerprint density at radius 2 is 1.86 bits per heavy atom. The Morgan fingerprint density at radius 3 is 2.45 bits per heavy atom. The summed E-state index contributed by atoms with van der Waals surface area (Å²) in [6.07, 6.45) is 0.115. The third kappa shape index (κ3) is 8.56. The SMILES string of the molecule is CC(C)CC(CC(=O)O)[C@H](N)C(=O)OCOC(=O)c1ccccc1CO[N+](=O)[O-]. The van der Waals surface area contributed by atoms with E-state index in [1.807, 2.05) is 13.8 Å². The lowest BCUT2D eigenvalue weighted by molar-refractivity contribution is -0.763. The van der Waals surface area contributed by atoms with Crippen LogP contribution in [0.2, 0.25) is 0 Å². The van der Waals surface area contributed by atoms with Crippen LogP contribution in [0, 0.1) is 22.0 Å². The summed E-state index contributed by atoms with van der Waals surface area (Å²) in [5, 5.41) is 18.3. The van der Waals surface area contributed by atoms with Gasteiger partial charge in [0.1, 0.15) is 12.6 Å². The zero-order chi connectivity index (χ0) is 22.0. The molecule has 1 rings (SSSR count). The van der Waals surface area contributed by atoms with Crippen molar-refractivity contribution in [2.75, 3.05) is 6.79 Å². The molecule has 3 N–H and O–H groups in total. The molecule has 0 aliphatic carbocycles. The molecule has 0 radical (unpaired) electrons. The number of benzene rings is 1. The number of aliphatic carboxylic acids is 1. The zero-order valence-electron chi connectivity index (χ0n) is 16.1.